The molecule has 90 valence electrons. The topological polar surface area (TPSA) is 39.7 Å². The number of hydrazine groups is 2. The molecule has 0 atom stereocenters. The number of benzene rings is 1. The van der Waals surface area contributed by atoms with Crippen LogP contribution in [0.15, 0.2) is 47.4 Å². The molecule has 2 N–H and O–H groups in total. The zero-order valence-corrected chi connectivity index (χ0v) is 9.03. The Hall–Kier alpha value is -1.95. The summed E-state index contributed by atoms with van der Waals surface area (Å²) in [6, 6.07) is 9.77. The summed E-state index contributed by atoms with van der Waals surface area (Å²) in [5, 5.41) is -0.0727. The summed E-state index contributed by atoms with van der Waals surface area (Å²) in [6.07, 6.45) is 1.82. The lowest BCUT2D eigenvalue weighted by atomic mass is 10.2. The van der Waals surface area contributed by atoms with E-state index >= 15 is 0 Å². The van der Waals surface area contributed by atoms with Gasteiger partial charge < -0.3 is 0 Å². The van der Waals surface area contributed by atoms with Crippen molar-refractivity contribution in [2.75, 3.05) is 6.54 Å². The summed E-state index contributed by atoms with van der Waals surface area (Å²) in [5.74, 6) is -0.635. The smallest absolute Gasteiger partial charge is 0.208 e. The molecular formula is C11H12F2N4. The fourth-order valence-electron chi connectivity index (χ4n) is 1.44. The Morgan fingerprint density at radius 2 is 1.94 bits per heavy atom. The number of hydrogen-bond acceptors (Lipinski definition) is 3. The lowest BCUT2D eigenvalue weighted by Gasteiger charge is -2.19. The standard InChI is InChI=1S/C11H12F2N4/c12-10-8-11(16-17(13)15-10)14-7-6-9-4-2-1-3-5-9/h1-5,8,15H,6-7H2,(H,14,16). The van der Waals surface area contributed by atoms with Gasteiger partial charge in [0.2, 0.25) is 5.95 Å². The number of nitrogens with zero attached hydrogens (tertiary/aromatic N) is 2. The van der Waals surface area contributed by atoms with E-state index in [9.17, 15) is 8.87 Å². The van der Waals surface area contributed by atoms with Crippen LogP contribution < -0.4 is 10.9 Å². The van der Waals surface area contributed by atoms with Gasteiger partial charge in [0.25, 0.3) is 0 Å². The van der Waals surface area contributed by atoms with E-state index in [4.69, 9.17) is 0 Å². The van der Waals surface area contributed by atoms with Gasteiger partial charge in [-0.3, -0.25) is 10.4 Å². The second kappa shape index (κ2) is 5.40. The molecule has 1 aromatic carbocycles. The summed E-state index contributed by atoms with van der Waals surface area (Å²) in [6.45, 7) is 0.462. The zero-order valence-electron chi connectivity index (χ0n) is 9.03. The van der Waals surface area contributed by atoms with Gasteiger partial charge in [0, 0.05) is 18.0 Å². The van der Waals surface area contributed by atoms with E-state index < -0.39 is 5.95 Å². The van der Waals surface area contributed by atoms with Crippen LogP contribution in [0.5, 0.6) is 0 Å². The summed E-state index contributed by atoms with van der Waals surface area (Å²) in [5.41, 5.74) is 5.14. The van der Waals surface area contributed by atoms with E-state index in [0.717, 1.165) is 18.1 Å². The first kappa shape index (κ1) is 11.5. The maximum Gasteiger partial charge on any atom is 0.208 e. The predicted molar refractivity (Wildman–Crippen MR) is 60.9 cm³/mol. The fourth-order valence-corrected chi connectivity index (χ4v) is 1.44. The number of hydrogen-bond donors (Lipinski definition) is 2. The minimum Gasteiger partial charge on any atom is -0.267 e. The average molecular weight is 238 g/mol. The van der Waals surface area contributed by atoms with Crippen molar-refractivity contribution in [3.8, 4) is 0 Å². The van der Waals surface area contributed by atoms with Gasteiger partial charge in [-0.2, -0.15) is 4.39 Å². The zero-order chi connectivity index (χ0) is 12.1. The Balaban J connectivity index is 1.91. The van der Waals surface area contributed by atoms with E-state index in [1.54, 1.807) is 5.43 Å². The third-order valence-electron chi connectivity index (χ3n) is 2.21. The predicted octanol–water partition coefficient (Wildman–Crippen LogP) is 1.65. The Morgan fingerprint density at radius 1 is 1.18 bits per heavy atom. The molecule has 0 unspecified atom stereocenters. The van der Waals surface area contributed by atoms with Crippen LogP contribution in [0.1, 0.15) is 5.56 Å². The third kappa shape index (κ3) is 3.53. The molecule has 0 saturated carbocycles. The van der Waals surface area contributed by atoms with Crippen LogP contribution >= 0.6 is 0 Å². The number of aliphatic imine (C=N–C) groups is 1. The molecule has 1 heterocycles. The van der Waals surface area contributed by atoms with E-state index in [1.165, 1.54) is 0 Å². The molecule has 1 aromatic rings. The van der Waals surface area contributed by atoms with Crippen LogP contribution in [0.3, 0.4) is 0 Å². The monoisotopic (exact) mass is 238 g/mol. The number of rotatable bonds is 3. The van der Waals surface area contributed by atoms with Crippen molar-refractivity contribution in [1.82, 2.24) is 16.2 Å². The average Bonchev–Trinajstić information content (AvgIpc) is 2.29. The molecule has 2 rings (SSSR count). The van der Waals surface area contributed by atoms with Crippen molar-refractivity contribution in [1.29, 1.82) is 0 Å². The van der Waals surface area contributed by atoms with E-state index in [-0.39, 0.29) is 11.2 Å². The normalized spacial score (nSPS) is 18.5. The molecule has 0 spiro atoms. The lowest BCUT2D eigenvalue weighted by Crippen LogP contribution is -2.47. The first-order valence-electron chi connectivity index (χ1n) is 5.19. The Bertz CT molecular complexity index is 430. The maximum absolute atomic E-state index is 12.8. The lowest BCUT2D eigenvalue weighted by molar-refractivity contribution is -0.0613. The maximum atomic E-state index is 12.8. The molecule has 0 aromatic heterocycles. The summed E-state index contributed by atoms with van der Waals surface area (Å²) in [4.78, 5) is 4.05. The van der Waals surface area contributed by atoms with Gasteiger partial charge >= 0.3 is 0 Å². The van der Waals surface area contributed by atoms with Crippen molar-refractivity contribution in [2.45, 2.75) is 6.42 Å². The molecule has 0 fully saturated rings. The summed E-state index contributed by atoms with van der Waals surface area (Å²) < 4.78 is 25.5. The van der Waals surface area contributed by atoms with Crippen LogP contribution in [-0.2, 0) is 6.42 Å². The molecule has 0 radical (unpaired) electrons. The second-order valence-corrected chi connectivity index (χ2v) is 3.50. The molecule has 1 aliphatic rings. The molecule has 6 heteroatoms. The largest absolute Gasteiger partial charge is 0.267 e. The van der Waals surface area contributed by atoms with Gasteiger partial charge in [0.05, 0.1) is 0 Å². The molecule has 17 heavy (non-hydrogen) atoms. The molecule has 0 aliphatic carbocycles. The van der Waals surface area contributed by atoms with Gasteiger partial charge in [-0.25, -0.2) is 5.43 Å². The van der Waals surface area contributed by atoms with Crippen LogP contribution in [0.4, 0.5) is 8.87 Å². The minimum absolute atomic E-state index is 0.0727. The highest BCUT2D eigenvalue weighted by Gasteiger charge is 2.13. The van der Waals surface area contributed by atoms with Crippen molar-refractivity contribution in [3.63, 3.8) is 0 Å². The summed E-state index contributed by atoms with van der Waals surface area (Å²) >= 11 is 0. The van der Waals surface area contributed by atoms with Crippen molar-refractivity contribution in [2.24, 2.45) is 4.99 Å². The van der Waals surface area contributed by atoms with Crippen LogP contribution in [0, 0.1) is 0 Å². The molecule has 1 aliphatic heterocycles. The molecule has 0 saturated heterocycles. The van der Waals surface area contributed by atoms with Gasteiger partial charge in [0.15, 0.2) is 0 Å². The first-order valence-corrected chi connectivity index (χ1v) is 5.19. The SMILES string of the molecule is FC1=CC(=NCCc2ccccc2)NN(F)N1. The Labute approximate surface area is 97.5 Å². The van der Waals surface area contributed by atoms with Crippen molar-refractivity contribution >= 4 is 5.84 Å². The van der Waals surface area contributed by atoms with Gasteiger partial charge in [0.1, 0.15) is 5.84 Å². The molecular weight excluding hydrogens is 226 g/mol. The summed E-state index contributed by atoms with van der Waals surface area (Å²) in [7, 11) is 0. The quantitative estimate of drug-likeness (QED) is 0.621. The fraction of sp³-hybridized carbons (Fsp3) is 0.182. The molecule has 0 amide bonds. The highest BCUT2D eigenvalue weighted by Crippen LogP contribution is 2.02. The number of amidine groups is 1. The number of halogens is 2. The Morgan fingerprint density at radius 3 is 2.65 bits per heavy atom. The van der Waals surface area contributed by atoms with Crippen LogP contribution in [0.2, 0.25) is 0 Å². The van der Waals surface area contributed by atoms with Crippen molar-refractivity contribution < 1.29 is 8.87 Å². The highest BCUT2D eigenvalue weighted by atomic mass is 19.2. The highest BCUT2D eigenvalue weighted by molar-refractivity contribution is 5.93. The number of nitrogens with one attached hydrogen (secondary N) is 2. The van der Waals surface area contributed by atoms with Gasteiger partial charge in [-0.15, -0.1) is 0 Å². The van der Waals surface area contributed by atoms with Crippen LogP contribution in [0.25, 0.3) is 0 Å². The van der Waals surface area contributed by atoms with Crippen molar-refractivity contribution in [3.05, 3.63) is 47.9 Å². The Kier molecular flexibility index (Phi) is 3.66. The minimum atomic E-state index is -0.787. The van der Waals surface area contributed by atoms with Gasteiger partial charge in [-0.1, -0.05) is 34.8 Å². The van der Waals surface area contributed by atoms with E-state index in [1.807, 2.05) is 30.3 Å². The second-order valence-electron chi connectivity index (χ2n) is 3.50. The molecule has 4 nitrogen and oxygen atoms in total. The first-order chi connectivity index (χ1) is 8.24. The van der Waals surface area contributed by atoms with Crippen LogP contribution in [-0.4, -0.2) is 17.7 Å². The van der Waals surface area contributed by atoms with E-state index in [0.29, 0.717) is 6.54 Å². The molecule has 0 bridgehead atoms. The van der Waals surface area contributed by atoms with E-state index in [2.05, 4.69) is 10.4 Å². The third-order valence-corrected chi connectivity index (χ3v) is 2.21. The van der Waals surface area contributed by atoms with Gasteiger partial charge in [-0.05, 0) is 12.0 Å².